The first-order valence-corrected chi connectivity index (χ1v) is 17.5. The predicted molar refractivity (Wildman–Crippen MR) is 153 cm³/mol. The van der Waals surface area contributed by atoms with Crippen molar-refractivity contribution in [1.29, 1.82) is 0 Å². The molecule has 1 aromatic rings. The number of carboxylic acids is 2. The first kappa shape index (κ1) is 38.5. The van der Waals surface area contributed by atoms with Gasteiger partial charge in [0, 0.05) is 0 Å². The van der Waals surface area contributed by atoms with Crippen molar-refractivity contribution in [1.82, 2.24) is 0 Å². The Hall–Kier alpha value is -1.62. The largest absolute Gasteiger partial charge is 0.478 e. The molecule has 1 aromatic carbocycles. The topological polar surface area (TPSA) is 179 Å². The molecule has 0 aliphatic carbocycles. The average Bonchev–Trinajstić information content (AvgIpc) is 2.89. The number of aliphatic hydroxyl groups is 2. The van der Waals surface area contributed by atoms with Gasteiger partial charge >= 0.3 is 110 Å². The molecular weight excluding hydrogens is 535 g/mol. The molecule has 224 valence electrons. The number of aromatic carboxylic acids is 2. The number of aliphatic hydroxyl groups excluding tert-OH is 2. The van der Waals surface area contributed by atoms with Crippen LogP contribution < -0.4 is 0 Å². The van der Waals surface area contributed by atoms with Gasteiger partial charge in [-0.3, -0.25) is 4.55 Å². The first-order valence-electron chi connectivity index (χ1n) is 13.3. The molecule has 10 nitrogen and oxygen atoms in total. The van der Waals surface area contributed by atoms with E-state index in [1.807, 2.05) is 0 Å². The molecule has 0 heterocycles. The summed E-state index contributed by atoms with van der Waals surface area (Å²) < 4.78 is 34.8. The van der Waals surface area contributed by atoms with Crippen LogP contribution in [0.15, 0.2) is 23.1 Å². The van der Waals surface area contributed by atoms with E-state index < -0.39 is 45.3 Å². The minimum Gasteiger partial charge on any atom is -0.478 e. The summed E-state index contributed by atoms with van der Waals surface area (Å²) in [6, 6.07) is 2.13. The summed E-state index contributed by atoms with van der Waals surface area (Å²) >= 11 is 0. The number of carboxylic acid groups (broad SMARTS) is 2. The predicted octanol–water partition coefficient (Wildman–Crippen LogP) is 4.47. The Morgan fingerprint density at radius 3 is 1.37 bits per heavy atom. The summed E-state index contributed by atoms with van der Waals surface area (Å²) in [5.74, 6) is -2.99. The Labute approximate surface area is 228 Å². The molecular formula is C26H49O10PS. The second-order valence-corrected chi connectivity index (χ2v) is 15.7. The second-order valence-electron chi connectivity index (χ2n) is 9.06. The third-order valence-corrected chi connectivity index (χ3v) is 12.7. The van der Waals surface area contributed by atoms with Gasteiger partial charge in [0.25, 0.3) is 10.1 Å². The van der Waals surface area contributed by atoms with E-state index in [0.29, 0.717) is 25.3 Å². The Morgan fingerprint density at radius 1 is 0.763 bits per heavy atom. The molecule has 0 fully saturated rings. The van der Waals surface area contributed by atoms with Gasteiger partial charge in [-0.05, 0) is 18.2 Å². The van der Waals surface area contributed by atoms with E-state index in [9.17, 15) is 18.0 Å². The molecule has 0 amide bonds. The maximum atomic E-state index is 10.8. The summed E-state index contributed by atoms with van der Waals surface area (Å²) in [6.07, 6.45) is 15.0. The molecule has 0 saturated heterocycles. The van der Waals surface area contributed by atoms with Crippen molar-refractivity contribution >= 4 is 29.3 Å². The molecule has 0 atom stereocenters. The third-order valence-electron chi connectivity index (χ3n) is 6.10. The van der Waals surface area contributed by atoms with E-state index in [0.717, 1.165) is 6.07 Å². The fourth-order valence-corrected chi connectivity index (χ4v) is 9.46. The Morgan fingerprint density at radius 2 is 1.13 bits per heavy atom. The monoisotopic (exact) mass is 584 g/mol. The van der Waals surface area contributed by atoms with Crippen LogP contribution >= 0.6 is 7.26 Å². The van der Waals surface area contributed by atoms with Gasteiger partial charge < -0.3 is 25.2 Å². The maximum Gasteiger partial charge on any atom is 0.335 e. The molecule has 1 rings (SSSR count). The smallest absolute Gasteiger partial charge is 0.335 e. The fraction of sp³-hybridized carbons (Fsp3) is 0.692. The van der Waals surface area contributed by atoms with Crippen molar-refractivity contribution in [3.8, 4) is 0 Å². The van der Waals surface area contributed by atoms with Crippen LogP contribution in [0, 0.1) is 0 Å². The van der Waals surface area contributed by atoms with Crippen molar-refractivity contribution in [2.45, 2.75) is 71.1 Å². The van der Waals surface area contributed by atoms with Crippen LogP contribution in [0.2, 0.25) is 0 Å². The fourth-order valence-electron chi connectivity index (χ4n) is 3.79. The summed E-state index contributed by atoms with van der Waals surface area (Å²) in [6.45, 7) is 10.2. The quantitative estimate of drug-likeness (QED) is 0.0996. The molecule has 0 aliphatic heterocycles. The zero-order chi connectivity index (χ0) is 29.6. The van der Waals surface area contributed by atoms with Crippen LogP contribution in [0.4, 0.5) is 0 Å². The van der Waals surface area contributed by atoms with Gasteiger partial charge in [0.1, 0.15) is 0 Å². The van der Waals surface area contributed by atoms with E-state index in [1.54, 1.807) is 18.5 Å². The number of carbonyl (C=O) groups is 2. The average molecular weight is 585 g/mol. The van der Waals surface area contributed by atoms with Crippen LogP contribution in [0.3, 0.4) is 0 Å². The van der Waals surface area contributed by atoms with Crippen LogP contribution in [-0.2, 0) is 14.9 Å². The second kappa shape index (κ2) is 22.2. The van der Waals surface area contributed by atoms with Gasteiger partial charge in [-0.15, -0.1) is 0 Å². The molecule has 0 bridgehead atoms. The zero-order valence-corrected chi connectivity index (χ0v) is 25.1. The van der Waals surface area contributed by atoms with E-state index in [4.69, 9.17) is 25.0 Å². The molecule has 0 saturated carbocycles. The minimum absolute atomic E-state index is 0.0278. The van der Waals surface area contributed by atoms with E-state index in [2.05, 4.69) is 32.4 Å². The molecule has 0 aliphatic rings. The third kappa shape index (κ3) is 17.8. The minimum atomic E-state index is -4.64. The molecule has 5 N–H and O–H groups in total. The summed E-state index contributed by atoms with van der Waals surface area (Å²) in [5, 5.41) is 33.4. The zero-order valence-electron chi connectivity index (χ0n) is 23.3. The van der Waals surface area contributed by atoms with E-state index >= 15 is 0 Å². The Bertz CT molecular complexity index is 832. The van der Waals surface area contributed by atoms with Gasteiger partial charge in [0.05, 0.1) is 42.4 Å². The van der Waals surface area contributed by atoms with E-state index in [-0.39, 0.29) is 13.2 Å². The van der Waals surface area contributed by atoms with Crippen LogP contribution in [0.1, 0.15) is 86.9 Å². The number of unbranched alkanes of at least 4 members (excludes halogenated alkanes) is 3. The van der Waals surface area contributed by atoms with Crippen molar-refractivity contribution in [2.24, 2.45) is 0 Å². The van der Waals surface area contributed by atoms with Crippen molar-refractivity contribution in [2.75, 3.05) is 51.1 Å². The van der Waals surface area contributed by atoms with E-state index in [1.165, 1.54) is 44.7 Å². The molecule has 38 heavy (non-hydrogen) atoms. The molecule has 0 radical (unpaired) electrons. The van der Waals surface area contributed by atoms with Crippen molar-refractivity contribution in [3.05, 3.63) is 29.3 Å². The SMILES string of the molecule is CCCC[PH](CC)(CCCC)CCCC.O=C(O)c1cc(C(=O)O)cc(S(=O)(=O)O)c1.OCCOCCO. The van der Waals surface area contributed by atoms with Gasteiger partial charge in [-0.25, -0.2) is 9.59 Å². The molecule has 0 unspecified atom stereocenters. The Kier molecular flexibility index (Phi) is 22.5. The van der Waals surface area contributed by atoms with Gasteiger partial charge in [0.15, 0.2) is 0 Å². The Balaban J connectivity index is 0. The van der Waals surface area contributed by atoms with Gasteiger partial charge in [-0.1, -0.05) is 0 Å². The van der Waals surface area contributed by atoms with Crippen LogP contribution in [-0.4, -0.2) is 96.4 Å². The number of hydrogen-bond donors (Lipinski definition) is 5. The van der Waals surface area contributed by atoms with Crippen molar-refractivity contribution in [3.63, 3.8) is 0 Å². The number of rotatable bonds is 17. The normalized spacial score (nSPS) is 11.6. The summed E-state index contributed by atoms with van der Waals surface area (Å²) in [5.41, 5.74) is -1.07. The van der Waals surface area contributed by atoms with Gasteiger partial charge in [-0.2, -0.15) is 8.42 Å². The number of ether oxygens (including phenoxy) is 1. The van der Waals surface area contributed by atoms with Crippen LogP contribution in [0.5, 0.6) is 0 Å². The standard InChI is InChI=1S/C14H33P.C8H6O7S.C4H10O3/c1-5-9-12-15(8-4,13-10-6-2)14-11-7-3;9-7(10)4-1-5(8(11)12)3-6(2-4)16(13,14)15;5-1-3-7-4-2-6/h15H,5-14H2,1-4H3;1-3H,(H,9,10)(H,11,12)(H,13,14,15);5-6H,1-4H2. The maximum absolute atomic E-state index is 10.8. The first-order chi connectivity index (χ1) is 17.9. The summed E-state index contributed by atoms with van der Waals surface area (Å²) in [4.78, 5) is 20.4. The molecule has 12 heteroatoms. The van der Waals surface area contributed by atoms with Crippen LogP contribution in [0.25, 0.3) is 0 Å². The molecule has 0 spiro atoms. The van der Waals surface area contributed by atoms with Crippen molar-refractivity contribution < 1.29 is 47.7 Å². The number of hydrogen-bond acceptors (Lipinski definition) is 7. The summed E-state index contributed by atoms with van der Waals surface area (Å²) in [7, 11) is -5.47. The van der Waals surface area contributed by atoms with Gasteiger partial charge in [0.2, 0.25) is 0 Å². The molecule has 0 aromatic heterocycles. The number of benzene rings is 1.